The molecule has 1 fully saturated rings. The summed E-state index contributed by atoms with van der Waals surface area (Å²) in [6, 6.07) is 13.9. The first-order valence-corrected chi connectivity index (χ1v) is 13.1. The molecule has 2 aromatic carbocycles. The van der Waals surface area contributed by atoms with E-state index in [1.54, 1.807) is 4.90 Å². The Hall–Kier alpha value is -2.83. The lowest BCUT2D eigenvalue weighted by atomic mass is 9.77. The second-order valence-corrected chi connectivity index (χ2v) is 11.6. The first kappa shape index (κ1) is 24.8. The van der Waals surface area contributed by atoms with Gasteiger partial charge in [0.05, 0.1) is 27.8 Å². The molecule has 36 heavy (non-hydrogen) atoms. The van der Waals surface area contributed by atoms with Crippen LogP contribution in [-0.2, 0) is 6.42 Å². The number of fused-ring (bicyclic) bond motifs is 3. The molecule has 1 unspecified atom stereocenters. The topological polar surface area (TPSA) is 78.4 Å². The fraction of sp³-hybridized carbons (Fsp3) is 0.393. The van der Waals surface area contributed by atoms with E-state index in [4.69, 9.17) is 28.2 Å². The lowest BCUT2D eigenvalue weighted by molar-refractivity contribution is 0.0517. The first-order valence-electron chi connectivity index (χ1n) is 12.3. The van der Waals surface area contributed by atoms with Gasteiger partial charge in [-0.2, -0.15) is 0 Å². The van der Waals surface area contributed by atoms with Crippen LogP contribution < -0.4 is 5.32 Å². The van der Waals surface area contributed by atoms with E-state index in [1.807, 2.05) is 36.5 Å². The van der Waals surface area contributed by atoms with E-state index in [1.165, 1.54) is 5.56 Å². The normalized spacial score (nSPS) is 21.5. The predicted molar refractivity (Wildman–Crippen MR) is 144 cm³/mol. The zero-order valence-corrected chi connectivity index (χ0v) is 22.1. The van der Waals surface area contributed by atoms with Crippen molar-refractivity contribution in [3.8, 4) is 11.3 Å². The smallest absolute Gasteiger partial charge is 0.407 e. The van der Waals surface area contributed by atoms with Gasteiger partial charge in [-0.15, -0.1) is 0 Å². The van der Waals surface area contributed by atoms with Gasteiger partial charge in [0.2, 0.25) is 5.95 Å². The second-order valence-electron chi connectivity index (χ2n) is 10.8. The maximum atomic E-state index is 12.0. The maximum Gasteiger partial charge on any atom is 0.407 e. The van der Waals surface area contributed by atoms with Crippen molar-refractivity contribution < 1.29 is 9.90 Å². The van der Waals surface area contributed by atoms with Gasteiger partial charge in [-0.1, -0.05) is 74.3 Å². The molecule has 5 rings (SSSR count). The average molecular weight is 525 g/mol. The number of aromatic nitrogens is 2. The number of hydrogen-bond acceptors (Lipinski definition) is 4. The highest BCUT2D eigenvalue weighted by atomic mass is 35.5. The minimum Gasteiger partial charge on any atom is -0.465 e. The van der Waals surface area contributed by atoms with Crippen LogP contribution in [0.15, 0.2) is 48.7 Å². The number of hydrogen-bond donors (Lipinski definition) is 2. The number of piperidine rings is 1. The lowest BCUT2D eigenvalue weighted by Crippen LogP contribution is -2.58. The largest absolute Gasteiger partial charge is 0.465 e. The number of halogens is 2. The van der Waals surface area contributed by atoms with E-state index in [0.29, 0.717) is 22.5 Å². The Morgan fingerprint density at radius 3 is 2.64 bits per heavy atom. The standard InChI is InChI=1S/C28H30Cl2N4O2/c1-28(2,3)25-23(9-6-12-34(25)27(35)36)32-26-31-15-17-13-20(16-10-11-21(29)22(30)14-16)18-7-4-5-8-19(18)24(17)33-26/h4-5,7-8,10-11,14-15,20,23,25H,6,9,12-13H2,1-3H3,(H,35,36)(H,31,32,33)/t20-,23+,25?/m0/s1. The van der Waals surface area contributed by atoms with Gasteiger partial charge >= 0.3 is 6.09 Å². The molecule has 188 valence electrons. The molecule has 0 radical (unpaired) electrons. The molecule has 1 saturated heterocycles. The van der Waals surface area contributed by atoms with Crippen molar-refractivity contribution in [3.63, 3.8) is 0 Å². The first-order chi connectivity index (χ1) is 17.1. The van der Waals surface area contributed by atoms with E-state index >= 15 is 0 Å². The third-order valence-corrected chi connectivity index (χ3v) is 8.04. The summed E-state index contributed by atoms with van der Waals surface area (Å²) in [7, 11) is 0. The van der Waals surface area contributed by atoms with E-state index in [0.717, 1.165) is 41.6 Å². The van der Waals surface area contributed by atoms with Gasteiger partial charge in [0.1, 0.15) is 0 Å². The fourth-order valence-electron chi connectivity index (χ4n) is 5.83. The van der Waals surface area contributed by atoms with E-state index in [9.17, 15) is 9.90 Å². The lowest BCUT2D eigenvalue weighted by Gasteiger charge is -2.46. The zero-order chi connectivity index (χ0) is 25.6. The molecule has 1 aliphatic heterocycles. The molecule has 8 heteroatoms. The quantitative estimate of drug-likeness (QED) is 0.381. The summed E-state index contributed by atoms with van der Waals surface area (Å²) in [6.45, 7) is 6.80. The summed E-state index contributed by atoms with van der Waals surface area (Å²) in [5, 5.41) is 14.4. The molecule has 1 amide bonds. The summed E-state index contributed by atoms with van der Waals surface area (Å²) in [6.07, 6.45) is 3.44. The van der Waals surface area contributed by atoms with Gasteiger partial charge < -0.3 is 15.3 Å². The Bertz CT molecular complexity index is 1310. The number of likely N-dealkylation sites (tertiary alicyclic amines) is 1. The van der Waals surface area contributed by atoms with Crippen molar-refractivity contribution in [2.24, 2.45) is 5.41 Å². The Morgan fingerprint density at radius 1 is 1.14 bits per heavy atom. The molecular weight excluding hydrogens is 495 g/mol. The Kier molecular flexibility index (Phi) is 6.60. The van der Waals surface area contributed by atoms with Crippen molar-refractivity contribution in [1.29, 1.82) is 0 Å². The third kappa shape index (κ3) is 4.64. The SMILES string of the molecule is CC(C)(C)C1[C@H](Nc2ncc3c(n2)-c2ccccc2[C@H](c2ccc(Cl)c(Cl)c2)C3)CCCN1C(=O)O. The summed E-state index contributed by atoms with van der Waals surface area (Å²) in [5.41, 5.74) is 5.12. The van der Waals surface area contributed by atoms with Gasteiger partial charge in [0.25, 0.3) is 0 Å². The number of rotatable bonds is 3. The fourth-order valence-corrected chi connectivity index (χ4v) is 6.14. The number of amides is 1. The van der Waals surface area contributed by atoms with Gasteiger partial charge in [0.15, 0.2) is 0 Å². The highest BCUT2D eigenvalue weighted by Gasteiger charge is 2.42. The monoisotopic (exact) mass is 524 g/mol. The van der Waals surface area contributed by atoms with Gasteiger partial charge in [-0.25, -0.2) is 14.8 Å². The highest BCUT2D eigenvalue weighted by Crippen LogP contribution is 2.43. The van der Waals surface area contributed by atoms with Crippen LogP contribution in [0.25, 0.3) is 11.3 Å². The van der Waals surface area contributed by atoms with Crippen LogP contribution in [0.2, 0.25) is 10.0 Å². The molecule has 3 atom stereocenters. The Morgan fingerprint density at radius 2 is 1.92 bits per heavy atom. The number of anilines is 1. The third-order valence-electron chi connectivity index (χ3n) is 7.30. The van der Waals surface area contributed by atoms with E-state index in [-0.39, 0.29) is 23.4 Å². The van der Waals surface area contributed by atoms with Crippen LogP contribution in [-0.4, -0.2) is 44.7 Å². The van der Waals surface area contributed by atoms with Crippen LogP contribution in [0, 0.1) is 5.41 Å². The molecule has 6 nitrogen and oxygen atoms in total. The van der Waals surface area contributed by atoms with Crippen LogP contribution in [0.4, 0.5) is 10.7 Å². The summed E-state index contributed by atoms with van der Waals surface area (Å²) in [5.74, 6) is 0.654. The van der Waals surface area contributed by atoms with E-state index < -0.39 is 6.09 Å². The summed E-state index contributed by atoms with van der Waals surface area (Å²) >= 11 is 12.5. The average Bonchev–Trinajstić information content (AvgIpc) is 2.84. The molecule has 2 N–H and O–H groups in total. The minimum absolute atomic E-state index is 0.0734. The highest BCUT2D eigenvalue weighted by molar-refractivity contribution is 6.42. The Labute approximate surface area is 221 Å². The van der Waals surface area contributed by atoms with Crippen molar-refractivity contribution in [2.45, 2.75) is 58.0 Å². The zero-order valence-electron chi connectivity index (χ0n) is 20.6. The second kappa shape index (κ2) is 9.56. The molecule has 2 aliphatic rings. The molecular formula is C28H30Cl2N4O2. The number of nitrogens with one attached hydrogen (secondary N) is 1. The van der Waals surface area contributed by atoms with Gasteiger partial charge in [-0.05, 0) is 53.5 Å². The Balaban J connectivity index is 1.49. The number of benzene rings is 2. The molecule has 1 aliphatic carbocycles. The van der Waals surface area contributed by atoms with Crippen molar-refractivity contribution >= 4 is 35.2 Å². The summed E-state index contributed by atoms with van der Waals surface area (Å²) in [4.78, 5) is 23.2. The predicted octanol–water partition coefficient (Wildman–Crippen LogP) is 7.11. The van der Waals surface area contributed by atoms with Crippen molar-refractivity contribution in [1.82, 2.24) is 14.9 Å². The number of nitrogens with zero attached hydrogens (tertiary/aromatic N) is 3. The van der Waals surface area contributed by atoms with Crippen molar-refractivity contribution in [3.05, 3.63) is 75.4 Å². The molecule has 3 aromatic rings. The van der Waals surface area contributed by atoms with Crippen LogP contribution in [0.5, 0.6) is 0 Å². The number of carboxylic acid groups (broad SMARTS) is 1. The molecule has 0 bridgehead atoms. The minimum atomic E-state index is -0.880. The van der Waals surface area contributed by atoms with Gasteiger partial charge in [0, 0.05) is 24.2 Å². The molecule has 2 heterocycles. The van der Waals surface area contributed by atoms with Gasteiger partial charge in [-0.3, -0.25) is 0 Å². The molecule has 0 saturated carbocycles. The van der Waals surface area contributed by atoms with E-state index in [2.05, 4.69) is 43.2 Å². The molecule has 1 aromatic heterocycles. The molecule has 0 spiro atoms. The maximum absolute atomic E-state index is 12.0. The van der Waals surface area contributed by atoms with Crippen LogP contribution in [0.1, 0.15) is 56.2 Å². The van der Waals surface area contributed by atoms with Crippen LogP contribution in [0.3, 0.4) is 0 Å². The van der Waals surface area contributed by atoms with Crippen LogP contribution >= 0.6 is 23.2 Å². The number of carbonyl (C=O) groups is 1. The summed E-state index contributed by atoms with van der Waals surface area (Å²) < 4.78 is 0. The van der Waals surface area contributed by atoms with Crippen molar-refractivity contribution in [2.75, 3.05) is 11.9 Å².